The molecule has 0 radical (unpaired) electrons. The minimum Gasteiger partial charge on any atom is -0.494 e. The zero-order chi connectivity index (χ0) is 14.4. The Hall–Kier alpha value is -1.06. The molecule has 1 saturated heterocycles. The largest absolute Gasteiger partial charge is 0.494 e. The van der Waals surface area contributed by atoms with Crippen molar-refractivity contribution in [1.29, 1.82) is 0 Å². The third-order valence-corrected chi connectivity index (χ3v) is 4.00. The normalized spacial score (nSPS) is 24.4. The van der Waals surface area contributed by atoms with E-state index in [1.807, 2.05) is 24.3 Å². The molecule has 2 rings (SSSR count). The van der Waals surface area contributed by atoms with Crippen LogP contribution in [-0.2, 0) is 0 Å². The van der Waals surface area contributed by atoms with E-state index in [4.69, 9.17) is 4.74 Å². The molecule has 0 amide bonds. The predicted octanol–water partition coefficient (Wildman–Crippen LogP) is 3.29. The lowest BCUT2D eigenvalue weighted by Crippen LogP contribution is -2.38. The van der Waals surface area contributed by atoms with E-state index in [1.165, 1.54) is 6.42 Å². The van der Waals surface area contributed by atoms with Gasteiger partial charge in [-0.15, -0.1) is 0 Å². The Morgan fingerprint density at radius 2 is 2.10 bits per heavy atom. The topological polar surface area (TPSA) is 41.5 Å². The monoisotopic (exact) mass is 277 g/mol. The molecule has 3 nitrogen and oxygen atoms in total. The van der Waals surface area contributed by atoms with Crippen molar-refractivity contribution < 1.29 is 9.84 Å². The molecule has 1 aliphatic rings. The van der Waals surface area contributed by atoms with Gasteiger partial charge in [0.2, 0.25) is 0 Å². The molecule has 3 unspecified atom stereocenters. The maximum absolute atomic E-state index is 10.3. The van der Waals surface area contributed by atoms with Crippen molar-refractivity contribution >= 4 is 0 Å². The molecule has 20 heavy (non-hydrogen) atoms. The van der Waals surface area contributed by atoms with Crippen LogP contribution in [0.1, 0.15) is 51.2 Å². The highest BCUT2D eigenvalue weighted by Crippen LogP contribution is 2.25. The summed E-state index contributed by atoms with van der Waals surface area (Å²) in [6.45, 7) is 6.20. The number of hydrogen-bond donors (Lipinski definition) is 2. The molecule has 0 bridgehead atoms. The second kappa shape index (κ2) is 7.65. The Morgan fingerprint density at radius 3 is 2.75 bits per heavy atom. The third-order valence-electron chi connectivity index (χ3n) is 4.00. The first-order valence-corrected chi connectivity index (χ1v) is 7.83. The summed E-state index contributed by atoms with van der Waals surface area (Å²) in [5.41, 5.74) is 0.980. The van der Waals surface area contributed by atoms with Gasteiger partial charge in [-0.1, -0.05) is 26.0 Å². The van der Waals surface area contributed by atoms with Gasteiger partial charge in [-0.3, -0.25) is 0 Å². The summed E-state index contributed by atoms with van der Waals surface area (Å²) in [5, 5.41) is 13.8. The molecule has 1 fully saturated rings. The molecule has 1 aromatic rings. The van der Waals surface area contributed by atoms with Crippen molar-refractivity contribution in [3.05, 3.63) is 29.8 Å². The number of piperidine rings is 1. The lowest BCUT2D eigenvalue weighted by Gasteiger charge is -2.29. The molecule has 2 N–H and O–H groups in total. The number of benzene rings is 1. The van der Waals surface area contributed by atoms with Crippen LogP contribution in [0.5, 0.6) is 5.75 Å². The van der Waals surface area contributed by atoms with Crippen LogP contribution < -0.4 is 10.1 Å². The fourth-order valence-corrected chi connectivity index (χ4v) is 2.81. The minimum atomic E-state index is -0.391. The van der Waals surface area contributed by atoms with Gasteiger partial charge in [0.15, 0.2) is 0 Å². The van der Waals surface area contributed by atoms with Gasteiger partial charge in [-0.05, 0) is 55.8 Å². The Bertz CT molecular complexity index is 390. The number of aliphatic hydroxyl groups excluding tert-OH is 1. The van der Waals surface area contributed by atoms with Crippen molar-refractivity contribution in [3.63, 3.8) is 0 Å². The number of aliphatic hydroxyl groups is 1. The number of nitrogens with one attached hydrogen (secondary N) is 1. The second-order valence-electron chi connectivity index (χ2n) is 5.95. The van der Waals surface area contributed by atoms with Crippen LogP contribution in [0.25, 0.3) is 0 Å². The smallest absolute Gasteiger partial charge is 0.119 e. The van der Waals surface area contributed by atoms with Crippen molar-refractivity contribution in [1.82, 2.24) is 5.32 Å². The van der Waals surface area contributed by atoms with Gasteiger partial charge in [0.25, 0.3) is 0 Å². The van der Waals surface area contributed by atoms with Gasteiger partial charge in [0, 0.05) is 6.04 Å². The quantitative estimate of drug-likeness (QED) is 0.838. The number of ether oxygens (including phenoxy) is 1. The zero-order valence-electron chi connectivity index (χ0n) is 12.6. The van der Waals surface area contributed by atoms with E-state index in [-0.39, 0.29) is 0 Å². The molecular weight excluding hydrogens is 250 g/mol. The Balaban J connectivity index is 1.86. The Labute approximate surface area is 122 Å². The van der Waals surface area contributed by atoms with E-state index in [1.54, 1.807) is 0 Å². The maximum Gasteiger partial charge on any atom is 0.119 e. The van der Waals surface area contributed by atoms with Crippen LogP contribution in [0.15, 0.2) is 24.3 Å². The van der Waals surface area contributed by atoms with Gasteiger partial charge in [-0.2, -0.15) is 0 Å². The summed E-state index contributed by atoms with van der Waals surface area (Å²) >= 11 is 0. The third kappa shape index (κ3) is 4.50. The highest BCUT2D eigenvalue weighted by Gasteiger charge is 2.21. The van der Waals surface area contributed by atoms with E-state index >= 15 is 0 Å². The van der Waals surface area contributed by atoms with Crippen molar-refractivity contribution in [2.45, 2.75) is 51.7 Å². The number of rotatable bonds is 6. The van der Waals surface area contributed by atoms with Crippen LogP contribution in [0, 0.1) is 5.92 Å². The SMILES string of the molecule is CCCOc1ccc(C(O)CC2CC(C)CCN2)cc1. The van der Waals surface area contributed by atoms with E-state index in [2.05, 4.69) is 19.2 Å². The lowest BCUT2D eigenvalue weighted by atomic mass is 9.90. The fourth-order valence-electron chi connectivity index (χ4n) is 2.81. The predicted molar refractivity (Wildman–Crippen MR) is 82.0 cm³/mol. The van der Waals surface area contributed by atoms with Crippen LogP contribution in [0.2, 0.25) is 0 Å². The first-order chi connectivity index (χ1) is 9.69. The zero-order valence-corrected chi connectivity index (χ0v) is 12.6. The average Bonchev–Trinajstić information content (AvgIpc) is 2.45. The lowest BCUT2D eigenvalue weighted by molar-refractivity contribution is 0.138. The summed E-state index contributed by atoms with van der Waals surface area (Å²) in [6, 6.07) is 8.28. The highest BCUT2D eigenvalue weighted by molar-refractivity contribution is 5.28. The molecule has 1 aliphatic heterocycles. The average molecular weight is 277 g/mol. The highest BCUT2D eigenvalue weighted by atomic mass is 16.5. The van der Waals surface area contributed by atoms with Crippen LogP contribution >= 0.6 is 0 Å². The van der Waals surface area contributed by atoms with Gasteiger partial charge in [0.1, 0.15) is 5.75 Å². The van der Waals surface area contributed by atoms with Gasteiger partial charge < -0.3 is 15.2 Å². The van der Waals surface area contributed by atoms with Gasteiger partial charge >= 0.3 is 0 Å². The van der Waals surface area contributed by atoms with Crippen LogP contribution in [0.4, 0.5) is 0 Å². The summed E-state index contributed by atoms with van der Waals surface area (Å²) in [7, 11) is 0. The fraction of sp³-hybridized carbons (Fsp3) is 0.647. The maximum atomic E-state index is 10.3. The summed E-state index contributed by atoms with van der Waals surface area (Å²) in [5.74, 6) is 1.64. The van der Waals surface area contributed by atoms with E-state index in [0.717, 1.165) is 49.6 Å². The Kier molecular flexibility index (Phi) is 5.86. The van der Waals surface area contributed by atoms with Crippen LogP contribution in [-0.4, -0.2) is 24.3 Å². The molecule has 112 valence electrons. The summed E-state index contributed by atoms with van der Waals surface area (Å²) in [6.07, 6.45) is 3.82. The van der Waals surface area contributed by atoms with Crippen molar-refractivity contribution in [2.24, 2.45) is 5.92 Å². The van der Waals surface area contributed by atoms with Gasteiger partial charge in [0.05, 0.1) is 12.7 Å². The molecule has 0 aliphatic carbocycles. The Morgan fingerprint density at radius 1 is 1.35 bits per heavy atom. The van der Waals surface area contributed by atoms with E-state index < -0.39 is 6.10 Å². The van der Waals surface area contributed by atoms with Crippen molar-refractivity contribution in [2.75, 3.05) is 13.2 Å². The van der Waals surface area contributed by atoms with Gasteiger partial charge in [-0.25, -0.2) is 0 Å². The molecule has 1 heterocycles. The molecule has 1 aromatic carbocycles. The summed E-state index contributed by atoms with van der Waals surface area (Å²) in [4.78, 5) is 0. The van der Waals surface area contributed by atoms with E-state index in [9.17, 15) is 5.11 Å². The molecule has 0 saturated carbocycles. The minimum absolute atomic E-state index is 0.391. The van der Waals surface area contributed by atoms with Crippen LogP contribution in [0.3, 0.4) is 0 Å². The molecule has 3 atom stereocenters. The molecular formula is C17H27NO2. The molecule has 0 spiro atoms. The first-order valence-electron chi connectivity index (χ1n) is 7.83. The number of hydrogen-bond acceptors (Lipinski definition) is 3. The van der Waals surface area contributed by atoms with E-state index in [0.29, 0.717) is 6.04 Å². The first kappa shape index (κ1) is 15.3. The standard InChI is InChI=1S/C17H27NO2/c1-3-10-20-16-6-4-14(5-7-16)17(19)12-15-11-13(2)8-9-18-15/h4-7,13,15,17-19H,3,8-12H2,1-2H3. The second-order valence-corrected chi connectivity index (χ2v) is 5.95. The summed E-state index contributed by atoms with van der Waals surface area (Å²) < 4.78 is 5.56. The van der Waals surface area contributed by atoms with Crippen molar-refractivity contribution in [3.8, 4) is 5.75 Å². The molecule has 0 aromatic heterocycles. The molecule has 3 heteroatoms.